The molecule has 1 amide bonds. The average Bonchev–Trinajstić information content (AvgIpc) is 2.77. The van der Waals surface area contributed by atoms with E-state index in [4.69, 9.17) is 5.41 Å². The van der Waals surface area contributed by atoms with Crippen molar-refractivity contribution in [2.75, 3.05) is 18.9 Å². The summed E-state index contributed by atoms with van der Waals surface area (Å²) in [5.74, 6) is -1.76. The molecule has 0 saturated carbocycles. The van der Waals surface area contributed by atoms with E-state index in [2.05, 4.69) is 20.6 Å². The molecule has 0 spiro atoms. The highest BCUT2D eigenvalue weighted by atomic mass is 32.3. The smallest absolute Gasteiger partial charge is 0.361 e. The summed E-state index contributed by atoms with van der Waals surface area (Å²) >= 11 is 0. The molecule has 1 aromatic carbocycles. The van der Waals surface area contributed by atoms with E-state index in [1.54, 1.807) is 6.92 Å². The number of aromatic nitrogens is 2. The predicted molar refractivity (Wildman–Crippen MR) is 119 cm³/mol. The van der Waals surface area contributed by atoms with Crippen LogP contribution in [0.5, 0.6) is 0 Å². The largest absolute Gasteiger partial charge is 0.434 e. The van der Waals surface area contributed by atoms with Gasteiger partial charge in [-0.2, -0.15) is 13.2 Å². The van der Waals surface area contributed by atoms with Crippen molar-refractivity contribution in [1.82, 2.24) is 19.6 Å². The Labute approximate surface area is 194 Å². The van der Waals surface area contributed by atoms with E-state index in [-0.39, 0.29) is 29.3 Å². The average molecular weight is 505 g/mol. The number of rotatable bonds is 3. The third-order valence-electron chi connectivity index (χ3n) is 5.65. The quantitative estimate of drug-likeness (QED) is 0.398. The van der Waals surface area contributed by atoms with Gasteiger partial charge in [0.15, 0.2) is 5.69 Å². The number of halogens is 4. The maximum atomic E-state index is 14.9. The number of carbonyl (C=O) groups is 1. The second-order valence-electron chi connectivity index (χ2n) is 8.58. The van der Waals surface area contributed by atoms with Gasteiger partial charge >= 0.3 is 6.18 Å². The van der Waals surface area contributed by atoms with Crippen LogP contribution < -0.4 is 10.6 Å². The van der Waals surface area contributed by atoms with E-state index < -0.39 is 44.7 Å². The molecule has 5 N–H and O–H groups in total. The van der Waals surface area contributed by atoms with Gasteiger partial charge in [-0.15, -0.1) is 10.8 Å². The summed E-state index contributed by atoms with van der Waals surface area (Å²) < 4.78 is 74.1. The summed E-state index contributed by atoms with van der Waals surface area (Å²) in [7, 11) is -1.99. The van der Waals surface area contributed by atoms with Crippen LogP contribution in [0.25, 0.3) is 0 Å². The van der Waals surface area contributed by atoms with Crippen LogP contribution >= 0.6 is 10.8 Å². The number of amides is 1. The van der Waals surface area contributed by atoms with Crippen LogP contribution in [0.1, 0.15) is 42.5 Å². The normalized spacial score (nSPS) is 23.5. The van der Waals surface area contributed by atoms with Crippen LogP contribution in [0.15, 0.2) is 30.6 Å². The van der Waals surface area contributed by atoms with Crippen LogP contribution in [0.3, 0.4) is 0 Å². The third kappa shape index (κ3) is 4.58. The maximum absolute atomic E-state index is 14.9. The van der Waals surface area contributed by atoms with Crippen LogP contribution in [0.4, 0.5) is 23.2 Å². The Morgan fingerprint density at radius 3 is 2.44 bits per heavy atom. The number of amidine groups is 1. The number of carbonyl (C=O) groups excluding carboxylic acids is 1. The van der Waals surface area contributed by atoms with Crippen molar-refractivity contribution in [2.24, 2.45) is 0 Å². The Bertz CT molecular complexity index is 1130. The molecule has 1 fully saturated rings. The van der Waals surface area contributed by atoms with Gasteiger partial charge in [0, 0.05) is 24.8 Å². The zero-order chi connectivity index (χ0) is 25.7. The van der Waals surface area contributed by atoms with Gasteiger partial charge in [-0.3, -0.25) is 19.3 Å². The Hall–Kier alpha value is -2.81. The number of nitrogens with one attached hydrogen (secondary N) is 3. The van der Waals surface area contributed by atoms with Gasteiger partial charge in [0.2, 0.25) is 0 Å². The zero-order valence-corrected chi connectivity index (χ0v) is 19.5. The summed E-state index contributed by atoms with van der Waals surface area (Å²) in [5, 5.41) is 13.7. The van der Waals surface area contributed by atoms with Gasteiger partial charge < -0.3 is 10.6 Å². The maximum Gasteiger partial charge on any atom is 0.434 e. The molecule has 1 aliphatic heterocycles. The highest BCUT2D eigenvalue weighted by Crippen LogP contribution is 2.57. The van der Waals surface area contributed by atoms with Gasteiger partial charge in [-0.05, 0) is 39.0 Å². The zero-order valence-electron chi connectivity index (χ0n) is 18.7. The summed E-state index contributed by atoms with van der Waals surface area (Å²) in [5.41, 5.74) is -2.80. The Balaban J connectivity index is 1.91. The lowest BCUT2D eigenvalue weighted by atomic mass is 9.90. The van der Waals surface area contributed by atoms with Crippen LogP contribution in [-0.2, 0) is 11.7 Å². The molecule has 0 aliphatic carbocycles. The highest BCUT2D eigenvalue weighted by Gasteiger charge is 2.49. The molecule has 0 unspecified atom stereocenters. The number of hydrogen-bond donors (Lipinski definition) is 5. The fourth-order valence-corrected chi connectivity index (χ4v) is 5.04. The number of likely N-dealkylation sites (N-methyl/N-ethyl adjacent to an activating group) is 1. The molecular formula is C20H24F4N6O3S. The Morgan fingerprint density at radius 1 is 1.24 bits per heavy atom. The fourth-order valence-electron chi connectivity index (χ4n) is 3.49. The lowest BCUT2D eigenvalue weighted by Crippen LogP contribution is -2.51. The van der Waals surface area contributed by atoms with E-state index >= 15 is 0 Å². The fraction of sp³-hybridized carbons (Fsp3) is 0.400. The second-order valence-corrected chi connectivity index (χ2v) is 11.3. The Morgan fingerprint density at radius 2 is 1.88 bits per heavy atom. The molecule has 14 heteroatoms. The van der Waals surface area contributed by atoms with Gasteiger partial charge in [0.05, 0.1) is 17.9 Å². The number of alkyl halides is 3. The number of nitrogens with zero attached hydrogens (tertiary/aromatic N) is 3. The number of benzene rings is 1. The summed E-state index contributed by atoms with van der Waals surface area (Å²) in [6.07, 6.45) is -3.59. The molecule has 1 saturated heterocycles. The molecule has 0 radical (unpaired) electrons. The van der Waals surface area contributed by atoms with Crippen molar-refractivity contribution in [3.8, 4) is 0 Å². The van der Waals surface area contributed by atoms with E-state index in [0.717, 1.165) is 6.07 Å². The van der Waals surface area contributed by atoms with Crippen LogP contribution in [0, 0.1) is 11.2 Å². The SMILES string of the molecule is CN1C[C@@](C)(c2cc(NC(=O)c3cnc(C(F)(F)F)cn3)ccc2F)NC(=N)C(C)(C)S1(O)O. The summed E-state index contributed by atoms with van der Waals surface area (Å²) in [4.78, 5) is 19.1. The molecule has 3 rings (SSSR count). The molecule has 2 heterocycles. The van der Waals surface area contributed by atoms with Gasteiger partial charge in [0.1, 0.15) is 22.1 Å². The number of anilines is 1. The molecular weight excluding hydrogens is 480 g/mol. The van der Waals surface area contributed by atoms with Gasteiger partial charge in [0.25, 0.3) is 5.91 Å². The first-order valence-electron chi connectivity index (χ1n) is 9.86. The minimum atomic E-state index is -4.70. The monoisotopic (exact) mass is 504 g/mol. The molecule has 2 aromatic rings. The van der Waals surface area contributed by atoms with E-state index in [9.17, 15) is 31.5 Å². The van der Waals surface area contributed by atoms with Crippen molar-refractivity contribution in [3.63, 3.8) is 0 Å². The van der Waals surface area contributed by atoms with E-state index in [1.165, 1.54) is 37.3 Å². The van der Waals surface area contributed by atoms with Gasteiger partial charge in [-0.25, -0.2) is 18.7 Å². The number of hydrogen-bond acceptors (Lipinski definition) is 7. The first-order chi connectivity index (χ1) is 15.5. The summed E-state index contributed by atoms with van der Waals surface area (Å²) in [6.45, 7) is 4.44. The molecule has 1 aromatic heterocycles. The van der Waals surface area contributed by atoms with Crippen LogP contribution in [0.2, 0.25) is 0 Å². The molecule has 9 nitrogen and oxygen atoms in total. The van der Waals surface area contributed by atoms with Crippen molar-refractivity contribution in [2.45, 2.75) is 37.2 Å². The van der Waals surface area contributed by atoms with Crippen LogP contribution in [-0.4, -0.2) is 53.5 Å². The lowest BCUT2D eigenvalue weighted by Gasteiger charge is -2.49. The van der Waals surface area contributed by atoms with Gasteiger partial charge in [-0.1, -0.05) is 0 Å². The predicted octanol–water partition coefficient (Wildman–Crippen LogP) is 4.06. The Kier molecular flexibility index (Phi) is 6.41. The minimum Gasteiger partial charge on any atom is -0.361 e. The molecule has 0 bridgehead atoms. The first-order valence-corrected chi connectivity index (χ1v) is 11.4. The highest BCUT2D eigenvalue weighted by molar-refractivity contribution is 8.24. The topological polar surface area (TPSA) is 134 Å². The van der Waals surface area contributed by atoms with Crippen molar-refractivity contribution < 1.29 is 31.5 Å². The van der Waals surface area contributed by atoms with E-state index in [1.807, 2.05) is 0 Å². The summed E-state index contributed by atoms with van der Waals surface area (Å²) in [6, 6.07) is 3.62. The standard InChI is InChI=1S/C20H24F4N6O3S/c1-18(2)17(25)29-19(3,10-30(4)34(18,32)33)12-7-11(5-6-13(12)21)28-16(31)14-8-27-15(9-26-14)20(22,23)24/h5-9,32-33H,10H2,1-4H3,(H2,25,29)(H,28,31)/t19-/m0/s1. The molecule has 186 valence electrons. The molecule has 1 atom stereocenters. The van der Waals surface area contributed by atoms with Crippen molar-refractivity contribution in [1.29, 1.82) is 5.41 Å². The lowest BCUT2D eigenvalue weighted by molar-refractivity contribution is -0.141. The van der Waals surface area contributed by atoms with Crippen molar-refractivity contribution >= 4 is 28.2 Å². The molecule has 34 heavy (non-hydrogen) atoms. The molecule has 1 aliphatic rings. The first kappa shape index (κ1) is 25.8. The third-order valence-corrected chi connectivity index (χ3v) is 8.23. The second kappa shape index (κ2) is 8.45. The van der Waals surface area contributed by atoms with Crippen molar-refractivity contribution in [3.05, 3.63) is 53.4 Å². The minimum absolute atomic E-state index is 0.0216. The van der Waals surface area contributed by atoms with E-state index in [0.29, 0.717) is 12.4 Å².